The zero-order valence-corrected chi connectivity index (χ0v) is 20.8. The Morgan fingerprint density at radius 1 is 1.00 bits per heavy atom. The number of likely N-dealkylation sites (tertiary alicyclic amines) is 1. The number of rotatable bonds is 8. The molecule has 1 fully saturated rings. The smallest absolute Gasteiger partial charge is 0.270 e. The predicted molar refractivity (Wildman–Crippen MR) is 135 cm³/mol. The maximum atomic E-state index is 13.5. The summed E-state index contributed by atoms with van der Waals surface area (Å²) in [7, 11) is 0. The third kappa shape index (κ3) is 5.72. The molecule has 0 aliphatic carbocycles. The lowest BCUT2D eigenvalue weighted by atomic mass is 9.97. The van der Waals surface area contributed by atoms with E-state index in [9.17, 15) is 19.2 Å². The largest absolute Gasteiger partial charge is 0.489 e. The van der Waals surface area contributed by atoms with E-state index >= 15 is 0 Å². The summed E-state index contributed by atoms with van der Waals surface area (Å²) in [6, 6.07) is 17.4. The van der Waals surface area contributed by atoms with Crippen molar-refractivity contribution in [2.75, 3.05) is 19.7 Å². The van der Waals surface area contributed by atoms with Gasteiger partial charge in [-0.25, -0.2) is 4.39 Å². The van der Waals surface area contributed by atoms with Crippen molar-refractivity contribution in [2.45, 2.75) is 30.2 Å². The van der Waals surface area contributed by atoms with Gasteiger partial charge in [0.05, 0.1) is 0 Å². The van der Waals surface area contributed by atoms with Crippen LogP contribution in [0.3, 0.4) is 0 Å². The average Bonchev–Trinajstić information content (AvgIpc) is 2.91. The standard InChI is InChI=1S/C27H23Cl2FN2O4/c28-20-6-4-18-5-9-23(15-19(18)14-20)35-16-24(36-22-10-7-21(30)8-11-22)25(33)27(29,17-31)26(34)32-12-2-1-3-13-32/h4-11,14-15,24H,1-3,12-13,16H2. The molecule has 36 heavy (non-hydrogen) atoms. The average molecular weight is 529 g/mol. The number of ether oxygens (including phenoxy) is 2. The first-order chi connectivity index (χ1) is 17.3. The molecule has 6 nitrogen and oxygen atoms in total. The summed E-state index contributed by atoms with van der Waals surface area (Å²) in [6.45, 7) is 0.496. The van der Waals surface area contributed by atoms with Gasteiger partial charge in [0, 0.05) is 18.1 Å². The SMILES string of the molecule is N#CC(Cl)(C(=O)C(COc1ccc2ccc(Cl)cc2c1)Oc1ccc(F)cc1)C(=O)N1CCCCC1. The van der Waals surface area contributed by atoms with Crippen LogP contribution < -0.4 is 9.47 Å². The maximum Gasteiger partial charge on any atom is 0.270 e. The first-order valence-corrected chi connectivity index (χ1v) is 12.2. The third-order valence-electron chi connectivity index (χ3n) is 5.99. The topological polar surface area (TPSA) is 79.6 Å². The number of carbonyl (C=O) groups excluding carboxylic acids is 2. The fourth-order valence-corrected chi connectivity index (χ4v) is 4.46. The summed E-state index contributed by atoms with van der Waals surface area (Å²) in [4.78, 5) is 25.6. The van der Waals surface area contributed by atoms with Gasteiger partial charge in [0.1, 0.15) is 30.0 Å². The molecule has 4 rings (SSSR count). The van der Waals surface area contributed by atoms with Crippen molar-refractivity contribution in [1.29, 1.82) is 5.26 Å². The van der Waals surface area contributed by atoms with E-state index in [2.05, 4.69) is 0 Å². The number of piperidine rings is 1. The molecule has 0 bridgehead atoms. The molecular weight excluding hydrogens is 506 g/mol. The number of Topliss-reactive ketones (excluding diaryl/α,β-unsaturated/α-hetero) is 1. The Morgan fingerprint density at radius 3 is 2.36 bits per heavy atom. The third-order valence-corrected chi connectivity index (χ3v) is 6.66. The van der Waals surface area contributed by atoms with Crippen LogP contribution in [0.15, 0.2) is 60.7 Å². The predicted octanol–water partition coefficient (Wildman–Crippen LogP) is 5.54. The molecule has 1 aliphatic heterocycles. The van der Waals surface area contributed by atoms with Crippen molar-refractivity contribution in [2.24, 2.45) is 0 Å². The van der Waals surface area contributed by atoms with Crippen LogP contribution in [0.1, 0.15) is 19.3 Å². The monoisotopic (exact) mass is 528 g/mol. The van der Waals surface area contributed by atoms with Crippen molar-refractivity contribution in [3.63, 3.8) is 0 Å². The molecule has 0 radical (unpaired) electrons. The van der Waals surface area contributed by atoms with Crippen LogP contribution >= 0.6 is 23.2 Å². The van der Waals surface area contributed by atoms with Gasteiger partial charge < -0.3 is 14.4 Å². The van der Waals surface area contributed by atoms with E-state index in [0.29, 0.717) is 23.9 Å². The molecule has 0 saturated carbocycles. The van der Waals surface area contributed by atoms with Crippen LogP contribution in [0.2, 0.25) is 5.02 Å². The first-order valence-electron chi connectivity index (χ1n) is 11.5. The van der Waals surface area contributed by atoms with Crippen LogP contribution in [0.4, 0.5) is 4.39 Å². The van der Waals surface area contributed by atoms with Crippen molar-refractivity contribution >= 4 is 45.7 Å². The van der Waals surface area contributed by atoms with E-state index in [-0.39, 0.29) is 12.4 Å². The molecule has 2 unspecified atom stereocenters. The van der Waals surface area contributed by atoms with E-state index in [4.69, 9.17) is 32.7 Å². The number of ketones is 1. The molecular formula is C27H23Cl2FN2O4. The molecule has 0 spiro atoms. The van der Waals surface area contributed by atoms with E-state index in [1.54, 1.807) is 30.3 Å². The highest BCUT2D eigenvalue weighted by Gasteiger charge is 2.51. The molecule has 0 aromatic heterocycles. The van der Waals surface area contributed by atoms with Gasteiger partial charge in [-0.3, -0.25) is 9.59 Å². The molecule has 3 aromatic carbocycles. The van der Waals surface area contributed by atoms with Crippen molar-refractivity contribution in [3.8, 4) is 17.6 Å². The summed E-state index contributed by atoms with van der Waals surface area (Å²) in [5, 5.41) is 12.2. The lowest BCUT2D eigenvalue weighted by Gasteiger charge is -2.32. The molecule has 9 heteroatoms. The Balaban J connectivity index is 1.59. The minimum Gasteiger partial charge on any atom is -0.489 e. The minimum absolute atomic E-state index is 0.158. The maximum absolute atomic E-state index is 13.5. The van der Waals surface area contributed by atoms with Gasteiger partial charge in [0.15, 0.2) is 6.10 Å². The molecule has 186 valence electrons. The number of benzene rings is 3. The second-order valence-electron chi connectivity index (χ2n) is 8.51. The molecule has 2 atom stereocenters. The van der Waals surface area contributed by atoms with E-state index in [0.717, 1.165) is 30.0 Å². The van der Waals surface area contributed by atoms with Gasteiger partial charge in [-0.05, 0) is 78.6 Å². The van der Waals surface area contributed by atoms with E-state index < -0.39 is 28.5 Å². The van der Waals surface area contributed by atoms with E-state index in [1.807, 2.05) is 12.1 Å². The van der Waals surface area contributed by atoms with Gasteiger partial charge in [-0.2, -0.15) is 5.26 Å². The van der Waals surface area contributed by atoms with Crippen molar-refractivity contribution in [1.82, 2.24) is 4.90 Å². The highest BCUT2D eigenvalue weighted by atomic mass is 35.5. The van der Waals surface area contributed by atoms with Crippen LogP contribution in [0.25, 0.3) is 10.8 Å². The van der Waals surface area contributed by atoms with Crippen LogP contribution in [0, 0.1) is 17.1 Å². The number of nitrogens with zero attached hydrogens (tertiary/aromatic N) is 2. The van der Waals surface area contributed by atoms with Gasteiger partial charge >= 0.3 is 0 Å². The summed E-state index contributed by atoms with van der Waals surface area (Å²) in [6.07, 6.45) is 1.07. The minimum atomic E-state index is -2.48. The van der Waals surface area contributed by atoms with Gasteiger partial charge in [0.25, 0.3) is 10.8 Å². The second-order valence-corrected chi connectivity index (χ2v) is 9.52. The Morgan fingerprint density at radius 2 is 1.67 bits per heavy atom. The second kappa shape index (κ2) is 11.2. The van der Waals surface area contributed by atoms with Crippen LogP contribution in [0.5, 0.6) is 11.5 Å². The zero-order valence-electron chi connectivity index (χ0n) is 19.3. The molecule has 1 aliphatic rings. The van der Waals surface area contributed by atoms with Crippen LogP contribution in [-0.4, -0.2) is 47.3 Å². The van der Waals surface area contributed by atoms with Crippen molar-refractivity contribution < 1.29 is 23.5 Å². The number of halogens is 3. The zero-order chi connectivity index (χ0) is 25.7. The first kappa shape index (κ1) is 25.7. The fraction of sp³-hybridized carbons (Fsp3) is 0.296. The van der Waals surface area contributed by atoms with Gasteiger partial charge in [-0.15, -0.1) is 0 Å². The Kier molecular flexibility index (Phi) is 7.97. The van der Waals surface area contributed by atoms with Gasteiger partial charge in [0.2, 0.25) is 5.78 Å². The van der Waals surface area contributed by atoms with E-state index in [1.165, 1.54) is 29.2 Å². The number of hydrogen-bond acceptors (Lipinski definition) is 5. The number of nitriles is 1. The number of hydrogen-bond donors (Lipinski definition) is 0. The number of fused-ring (bicyclic) bond motifs is 1. The van der Waals surface area contributed by atoms with Gasteiger partial charge in [-0.1, -0.05) is 35.3 Å². The Bertz CT molecular complexity index is 1310. The highest BCUT2D eigenvalue weighted by Crippen LogP contribution is 2.28. The summed E-state index contributed by atoms with van der Waals surface area (Å²) < 4.78 is 25.0. The normalized spacial score (nSPS) is 16.0. The highest BCUT2D eigenvalue weighted by molar-refractivity contribution is 6.49. The number of carbonyl (C=O) groups is 2. The number of amides is 1. The molecule has 3 aromatic rings. The molecule has 1 amide bonds. The molecule has 0 N–H and O–H groups in total. The lowest BCUT2D eigenvalue weighted by Crippen LogP contribution is -2.56. The summed E-state index contributed by atoms with van der Waals surface area (Å²) >= 11 is 12.5. The summed E-state index contributed by atoms with van der Waals surface area (Å²) in [5.41, 5.74) is 0. The van der Waals surface area contributed by atoms with Crippen molar-refractivity contribution in [3.05, 3.63) is 71.5 Å². The fourth-order valence-electron chi connectivity index (χ4n) is 4.04. The number of alkyl halides is 1. The molecule has 1 heterocycles. The quantitative estimate of drug-likeness (QED) is 0.283. The lowest BCUT2D eigenvalue weighted by molar-refractivity contribution is -0.141. The Hall–Kier alpha value is -3.34. The Labute approximate surface area is 218 Å². The summed E-state index contributed by atoms with van der Waals surface area (Å²) in [5.74, 6) is -1.63. The van der Waals surface area contributed by atoms with Crippen LogP contribution in [-0.2, 0) is 9.59 Å². The molecule has 1 saturated heterocycles.